The van der Waals surface area contributed by atoms with Crippen LogP contribution in [0.3, 0.4) is 0 Å². The highest BCUT2D eigenvalue weighted by Gasteiger charge is 2.20. The Labute approximate surface area is 237 Å². The van der Waals surface area contributed by atoms with Crippen molar-refractivity contribution in [3.05, 3.63) is 50.7 Å². The number of aromatic nitrogens is 1. The van der Waals surface area contributed by atoms with E-state index < -0.39 is 23.4 Å². The van der Waals surface area contributed by atoms with E-state index in [-0.39, 0.29) is 0 Å². The summed E-state index contributed by atoms with van der Waals surface area (Å²) in [7, 11) is 0. The highest BCUT2D eigenvalue weighted by atomic mass is 127. The summed E-state index contributed by atoms with van der Waals surface area (Å²) in [4.78, 5) is 28.2. The zero-order valence-corrected chi connectivity index (χ0v) is 24.9. The molecule has 0 saturated carbocycles. The molecule has 0 aliphatic heterocycles. The first kappa shape index (κ1) is 30.0. The summed E-state index contributed by atoms with van der Waals surface area (Å²) >= 11 is 4.76. The zero-order valence-electron chi connectivity index (χ0n) is 21.1. The third kappa shape index (κ3) is 10.4. The molecule has 0 spiro atoms. The molecule has 0 unspecified atom stereocenters. The average molecular weight is 652 g/mol. The predicted molar refractivity (Wildman–Crippen MR) is 154 cm³/mol. The highest BCUT2D eigenvalue weighted by molar-refractivity contribution is 14.1. The number of ether oxygens (including phenoxy) is 2. The van der Waals surface area contributed by atoms with E-state index in [0.717, 1.165) is 13.3 Å². The summed E-state index contributed by atoms with van der Waals surface area (Å²) in [5, 5.41) is 24.2. The number of nitrogens with one attached hydrogen (secondary N) is 2. The van der Waals surface area contributed by atoms with E-state index in [1.54, 1.807) is 66.1 Å². The topological polar surface area (TPSA) is 137 Å². The van der Waals surface area contributed by atoms with Gasteiger partial charge in [0.05, 0.1) is 14.0 Å². The van der Waals surface area contributed by atoms with Crippen molar-refractivity contribution in [2.45, 2.75) is 52.7 Å². The molecule has 2 amide bonds. The van der Waals surface area contributed by atoms with Crippen LogP contribution < -0.4 is 10.6 Å². The number of pyridine rings is 1. The molecule has 37 heavy (non-hydrogen) atoms. The number of hydrogen-bond donors (Lipinski definition) is 2. The van der Waals surface area contributed by atoms with E-state index in [1.807, 2.05) is 18.2 Å². The molecular formula is C25H26IN5O4S2. The molecule has 0 radical (unpaired) electrons. The molecule has 0 aromatic carbocycles. The molecule has 0 saturated heterocycles. The van der Waals surface area contributed by atoms with Gasteiger partial charge in [0.25, 0.3) is 0 Å². The molecule has 0 atom stereocenters. The number of rotatable bonds is 3. The fourth-order valence-electron chi connectivity index (χ4n) is 2.55. The molecule has 0 aliphatic carbocycles. The molecule has 3 aromatic rings. The first-order valence-corrected chi connectivity index (χ1v) is 13.6. The fourth-order valence-corrected chi connectivity index (χ4v) is 5.22. The number of nitriles is 2. The van der Waals surface area contributed by atoms with Crippen molar-refractivity contribution >= 4 is 67.5 Å². The van der Waals surface area contributed by atoms with Crippen molar-refractivity contribution in [3.63, 3.8) is 0 Å². The standard InChI is InChI=1S/C15H15N3O2S.C10H11IN2O2S/c1-15(2,3)20-14(19)18-13-11(8-16)7-12(21-13)10-5-4-6-17-9-10;1-10(2,3)15-9(14)13-8-6(5-12)4-7(11)16-8/h4-7,9H,1-3H3,(H,18,19);4H,1-3H3,(H,13,14). The Hall–Kier alpha value is -3.20. The van der Waals surface area contributed by atoms with Crippen LogP contribution in [0.1, 0.15) is 52.7 Å². The molecule has 3 heterocycles. The zero-order chi connectivity index (χ0) is 27.8. The Morgan fingerprint density at radius 3 is 1.89 bits per heavy atom. The van der Waals surface area contributed by atoms with Crippen LogP contribution in [0.5, 0.6) is 0 Å². The van der Waals surface area contributed by atoms with E-state index >= 15 is 0 Å². The van der Waals surface area contributed by atoms with Crippen molar-refractivity contribution in [2.75, 3.05) is 10.6 Å². The Balaban J connectivity index is 0.000000271. The third-order valence-electron chi connectivity index (χ3n) is 3.85. The third-order valence-corrected chi connectivity index (χ3v) is 6.76. The van der Waals surface area contributed by atoms with Crippen molar-refractivity contribution in [2.24, 2.45) is 0 Å². The minimum Gasteiger partial charge on any atom is -0.444 e. The van der Waals surface area contributed by atoms with Crippen LogP contribution in [0, 0.1) is 25.5 Å². The van der Waals surface area contributed by atoms with E-state index in [2.05, 4.69) is 44.3 Å². The number of hydrogen-bond acceptors (Lipinski definition) is 9. The largest absolute Gasteiger partial charge is 0.444 e. The normalized spacial score (nSPS) is 10.7. The minimum atomic E-state index is -0.583. The van der Waals surface area contributed by atoms with Crippen molar-refractivity contribution in [3.8, 4) is 22.6 Å². The predicted octanol–water partition coefficient (Wildman–Crippen LogP) is 7.60. The highest BCUT2D eigenvalue weighted by Crippen LogP contribution is 2.35. The summed E-state index contributed by atoms with van der Waals surface area (Å²) < 4.78 is 11.2. The van der Waals surface area contributed by atoms with Gasteiger partial charge in [-0.05, 0) is 82.3 Å². The van der Waals surface area contributed by atoms with Crippen LogP contribution in [0.25, 0.3) is 10.4 Å². The Bertz CT molecular complexity index is 1330. The maximum absolute atomic E-state index is 11.8. The number of carbonyl (C=O) groups is 2. The van der Waals surface area contributed by atoms with Crippen molar-refractivity contribution < 1.29 is 19.1 Å². The van der Waals surface area contributed by atoms with Gasteiger partial charge in [-0.25, -0.2) is 9.59 Å². The number of halogens is 1. The van der Waals surface area contributed by atoms with E-state index in [1.165, 1.54) is 22.7 Å². The quantitative estimate of drug-likeness (QED) is 0.278. The summed E-state index contributed by atoms with van der Waals surface area (Å²) in [6.07, 6.45) is 2.28. The number of carbonyl (C=O) groups excluding carboxylic acids is 2. The maximum atomic E-state index is 11.8. The molecular weight excluding hydrogens is 625 g/mol. The van der Waals surface area contributed by atoms with E-state index in [0.29, 0.717) is 21.1 Å². The van der Waals surface area contributed by atoms with Crippen LogP contribution in [0.4, 0.5) is 19.6 Å². The Kier molecular flexibility index (Phi) is 10.4. The van der Waals surface area contributed by atoms with Crippen LogP contribution in [-0.4, -0.2) is 28.4 Å². The van der Waals surface area contributed by atoms with Gasteiger partial charge in [0.1, 0.15) is 33.3 Å². The number of amides is 2. The molecule has 0 aliphatic rings. The molecule has 3 rings (SSSR count). The molecule has 194 valence electrons. The van der Waals surface area contributed by atoms with Crippen molar-refractivity contribution in [1.29, 1.82) is 10.5 Å². The summed E-state index contributed by atoms with van der Waals surface area (Å²) in [6, 6.07) is 11.3. The smallest absolute Gasteiger partial charge is 0.412 e. The first-order valence-electron chi connectivity index (χ1n) is 10.8. The minimum absolute atomic E-state index is 0.407. The van der Waals surface area contributed by atoms with Gasteiger partial charge in [-0.3, -0.25) is 15.6 Å². The molecule has 12 heteroatoms. The lowest BCUT2D eigenvalue weighted by Crippen LogP contribution is -2.27. The van der Waals surface area contributed by atoms with Crippen LogP contribution >= 0.6 is 45.3 Å². The van der Waals surface area contributed by atoms with Gasteiger partial charge in [-0.15, -0.1) is 22.7 Å². The SMILES string of the molecule is CC(C)(C)OC(=O)Nc1sc(-c2cccnc2)cc1C#N.CC(C)(C)OC(=O)Nc1sc(I)cc1C#N. The number of nitrogens with zero attached hydrogens (tertiary/aromatic N) is 3. The van der Waals surface area contributed by atoms with Crippen molar-refractivity contribution in [1.82, 2.24) is 4.98 Å². The van der Waals surface area contributed by atoms with Gasteiger partial charge in [0.15, 0.2) is 0 Å². The van der Waals surface area contributed by atoms with Gasteiger partial charge in [-0.2, -0.15) is 10.5 Å². The van der Waals surface area contributed by atoms with Crippen LogP contribution in [-0.2, 0) is 9.47 Å². The lowest BCUT2D eigenvalue weighted by atomic mass is 10.2. The number of thiophene rings is 2. The summed E-state index contributed by atoms with van der Waals surface area (Å²) in [5.41, 5.74) is 0.642. The van der Waals surface area contributed by atoms with Gasteiger partial charge >= 0.3 is 12.2 Å². The lowest BCUT2D eigenvalue weighted by molar-refractivity contribution is 0.0625. The maximum Gasteiger partial charge on any atom is 0.412 e. The Morgan fingerprint density at radius 1 is 0.919 bits per heavy atom. The van der Waals surface area contributed by atoms with E-state index in [9.17, 15) is 14.9 Å². The lowest BCUT2D eigenvalue weighted by Gasteiger charge is -2.19. The molecule has 0 bridgehead atoms. The average Bonchev–Trinajstić information content (AvgIpc) is 3.34. The molecule has 2 N–H and O–H groups in total. The van der Waals surface area contributed by atoms with Gasteiger partial charge in [0.2, 0.25) is 0 Å². The number of anilines is 2. The van der Waals surface area contributed by atoms with Crippen LogP contribution in [0.15, 0.2) is 36.7 Å². The Morgan fingerprint density at radius 2 is 1.43 bits per heavy atom. The van der Waals surface area contributed by atoms with Gasteiger partial charge in [-0.1, -0.05) is 6.07 Å². The van der Waals surface area contributed by atoms with E-state index in [4.69, 9.17) is 14.7 Å². The van der Waals surface area contributed by atoms with Gasteiger partial charge < -0.3 is 9.47 Å². The first-order chi connectivity index (χ1) is 17.2. The summed E-state index contributed by atoms with van der Waals surface area (Å²) in [5.74, 6) is 0. The second-order valence-electron chi connectivity index (χ2n) is 9.37. The fraction of sp³-hybridized carbons (Fsp3) is 0.320. The second-order valence-corrected chi connectivity index (χ2v) is 13.4. The monoisotopic (exact) mass is 651 g/mol. The molecule has 3 aromatic heterocycles. The molecule has 9 nitrogen and oxygen atoms in total. The van der Waals surface area contributed by atoms with Gasteiger partial charge in [0, 0.05) is 22.8 Å². The molecule has 0 fully saturated rings. The van der Waals surface area contributed by atoms with Crippen LogP contribution in [0.2, 0.25) is 0 Å². The second kappa shape index (κ2) is 12.9. The summed E-state index contributed by atoms with van der Waals surface area (Å²) in [6.45, 7) is 10.7.